The number of aliphatic hydroxyl groups excluding tert-OH is 1. The lowest BCUT2D eigenvalue weighted by atomic mass is 9.91. The highest BCUT2D eigenvalue weighted by atomic mass is 35.5. The number of carbonyl (C=O) groups excluding carboxylic acids is 1. The predicted octanol–water partition coefficient (Wildman–Crippen LogP) is 4.03. The molecule has 2 aliphatic rings. The van der Waals surface area contributed by atoms with Crippen molar-refractivity contribution in [1.29, 1.82) is 0 Å². The zero-order chi connectivity index (χ0) is 21.3. The number of amides is 1. The number of piperidine rings is 1. The van der Waals surface area contributed by atoms with E-state index in [0.29, 0.717) is 28.8 Å². The highest BCUT2D eigenvalue weighted by molar-refractivity contribution is 6.40. The van der Waals surface area contributed by atoms with E-state index in [4.69, 9.17) is 28.3 Å². The fraction of sp³-hybridized carbons (Fsp3) is 0.364. The molecule has 0 aliphatic carbocycles. The maximum atomic E-state index is 13.1. The van der Waals surface area contributed by atoms with E-state index in [2.05, 4.69) is 5.43 Å². The summed E-state index contributed by atoms with van der Waals surface area (Å²) in [6, 6.07) is 14.8. The lowest BCUT2D eigenvalue weighted by molar-refractivity contribution is -0.120. The first-order valence-electron chi connectivity index (χ1n) is 10.1. The van der Waals surface area contributed by atoms with Crippen LogP contribution in [0.5, 0.6) is 0 Å². The molecule has 2 aromatic carbocycles. The summed E-state index contributed by atoms with van der Waals surface area (Å²) in [5.74, 6) is -0.442. The number of benzene rings is 2. The molecule has 2 aromatic rings. The van der Waals surface area contributed by atoms with Crippen LogP contribution >= 0.6 is 23.2 Å². The minimum absolute atomic E-state index is 0.183. The number of hydrazone groups is 1. The van der Waals surface area contributed by atoms with Crippen LogP contribution in [0.3, 0.4) is 0 Å². The quantitative estimate of drug-likeness (QED) is 0.743. The van der Waals surface area contributed by atoms with Crippen molar-refractivity contribution in [3.05, 3.63) is 64.1 Å². The van der Waals surface area contributed by atoms with Gasteiger partial charge >= 0.3 is 0 Å². The molecule has 1 fully saturated rings. The van der Waals surface area contributed by atoms with Crippen LogP contribution in [0.1, 0.15) is 31.4 Å². The van der Waals surface area contributed by atoms with E-state index in [1.807, 2.05) is 60.5 Å². The van der Waals surface area contributed by atoms with Crippen LogP contribution in [0.4, 0.5) is 5.69 Å². The normalized spacial score (nSPS) is 24.6. The Morgan fingerprint density at radius 2 is 1.90 bits per heavy atom. The third-order valence-electron chi connectivity index (χ3n) is 5.58. The molecule has 0 aromatic heterocycles. The van der Waals surface area contributed by atoms with Gasteiger partial charge in [-0.3, -0.25) is 15.2 Å². The second-order valence-corrected chi connectivity index (χ2v) is 8.59. The van der Waals surface area contributed by atoms with Gasteiger partial charge in [-0.2, -0.15) is 5.10 Å². The van der Waals surface area contributed by atoms with E-state index in [1.54, 1.807) is 5.01 Å². The summed E-state index contributed by atoms with van der Waals surface area (Å²) in [5, 5.41) is 19.4. The number of nitrogens with one attached hydrogen (secondary N) is 1. The van der Waals surface area contributed by atoms with E-state index < -0.39 is 6.10 Å². The molecule has 2 N–H and O–H groups in total. The van der Waals surface area contributed by atoms with Crippen LogP contribution in [-0.4, -0.2) is 40.9 Å². The molecule has 3 unspecified atom stereocenters. The highest BCUT2D eigenvalue weighted by Gasteiger charge is 2.40. The fourth-order valence-electron chi connectivity index (χ4n) is 4.07. The second kappa shape index (κ2) is 8.94. The van der Waals surface area contributed by atoms with Gasteiger partial charge in [-0.15, -0.1) is 0 Å². The van der Waals surface area contributed by atoms with Gasteiger partial charge < -0.3 is 5.11 Å². The summed E-state index contributed by atoms with van der Waals surface area (Å²) >= 11 is 12.5. The molecular formula is C22H24Cl2N4O2. The van der Waals surface area contributed by atoms with Gasteiger partial charge in [0, 0.05) is 24.0 Å². The summed E-state index contributed by atoms with van der Waals surface area (Å²) in [7, 11) is 0. The SMILES string of the molecule is CC1C(C(=O)NN2CCCC(O)C2)=NN(c2ccccc2Cl)C1c1ccc(Cl)cc1. The van der Waals surface area contributed by atoms with Crippen molar-refractivity contribution in [3.63, 3.8) is 0 Å². The van der Waals surface area contributed by atoms with Crippen molar-refractivity contribution in [3.8, 4) is 0 Å². The molecule has 4 rings (SSSR count). The minimum atomic E-state index is -0.427. The highest BCUT2D eigenvalue weighted by Crippen LogP contribution is 2.41. The summed E-state index contributed by atoms with van der Waals surface area (Å²) in [5.41, 5.74) is 5.07. The molecule has 0 bridgehead atoms. The fourth-order valence-corrected chi connectivity index (χ4v) is 4.42. The molecular weight excluding hydrogens is 423 g/mol. The average Bonchev–Trinajstić information content (AvgIpc) is 3.06. The maximum absolute atomic E-state index is 13.1. The molecule has 2 heterocycles. The van der Waals surface area contributed by atoms with E-state index in [9.17, 15) is 9.90 Å². The number of nitrogens with zero attached hydrogens (tertiary/aromatic N) is 3. The number of carbonyl (C=O) groups is 1. The van der Waals surface area contributed by atoms with Crippen LogP contribution in [-0.2, 0) is 4.79 Å². The number of aliphatic hydroxyl groups is 1. The second-order valence-electron chi connectivity index (χ2n) is 7.75. The summed E-state index contributed by atoms with van der Waals surface area (Å²) in [4.78, 5) is 13.1. The smallest absolute Gasteiger partial charge is 0.282 e. The molecule has 2 aliphatic heterocycles. The van der Waals surface area contributed by atoms with Crippen molar-refractivity contribution in [2.45, 2.75) is 31.9 Å². The molecule has 1 saturated heterocycles. The molecule has 8 heteroatoms. The number of hydrogen-bond donors (Lipinski definition) is 2. The van der Waals surface area contributed by atoms with Crippen molar-refractivity contribution < 1.29 is 9.90 Å². The Balaban J connectivity index is 1.65. The van der Waals surface area contributed by atoms with E-state index >= 15 is 0 Å². The zero-order valence-corrected chi connectivity index (χ0v) is 18.1. The molecule has 158 valence electrons. The maximum Gasteiger partial charge on any atom is 0.282 e. The van der Waals surface area contributed by atoms with Crippen molar-refractivity contribution in [2.24, 2.45) is 11.0 Å². The van der Waals surface area contributed by atoms with Crippen LogP contribution in [0, 0.1) is 5.92 Å². The molecule has 0 saturated carbocycles. The molecule has 0 spiro atoms. The largest absolute Gasteiger partial charge is 0.392 e. The number of anilines is 1. The van der Waals surface area contributed by atoms with Gasteiger partial charge in [-0.25, -0.2) is 5.01 Å². The molecule has 3 atom stereocenters. The van der Waals surface area contributed by atoms with Gasteiger partial charge in [0.25, 0.3) is 5.91 Å². The van der Waals surface area contributed by atoms with Gasteiger partial charge in [0.05, 0.1) is 22.9 Å². The van der Waals surface area contributed by atoms with Crippen molar-refractivity contribution >= 4 is 40.5 Å². The predicted molar refractivity (Wildman–Crippen MR) is 120 cm³/mol. The van der Waals surface area contributed by atoms with E-state index in [0.717, 1.165) is 24.1 Å². The van der Waals surface area contributed by atoms with Crippen LogP contribution in [0.2, 0.25) is 10.0 Å². The Morgan fingerprint density at radius 1 is 1.17 bits per heavy atom. The Kier molecular flexibility index (Phi) is 6.29. The van der Waals surface area contributed by atoms with E-state index in [1.165, 1.54) is 0 Å². The van der Waals surface area contributed by atoms with Gasteiger partial charge in [0.2, 0.25) is 0 Å². The minimum Gasteiger partial charge on any atom is -0.392 e. The first-order valence-corrected chi connectivity index (χ1v) is 10.8. The van der Waals surface area contributed by atoms with Crippen molar-refractivity contribution in [2.75, 3.05) is 18.1 Å². The number of rotatable bonds is 4. The first-order chi connectivity index (χ1) is 14.4. The topological polar surface area (TPSA) is 68.2 Å². The molecule has 30 heavy (non-hydrogen) atoms. The molecule has 6 nitrogen and oxygen atoms in total. The number of halogens is 2. The average molecular weight is 447 g/mol. The van der Waals surface area contributed by atoms with Crippen LogP contribution in [0.25, 0.3) is 0 Å². The van der Waals surface area contributed by atoms with Gasteiger partial charge in [-0.05, 0) is 42.7 Å². The summed E-state index contributed by atoms with van der Waals surface area (Å²) in [6.07, 6.45) is 1.16. The lowest BCUT2D eigenvalue weighted by Crippen LogP contribution is -2.51. The van der Waals surface area contributed by atoms with Gasteiger partial charge in [0.15, 0.2) is 0 Å². The number of β-amino-alcohol motifs (C(OH)–C–C–N with tert-alkyl or cyclic N) is 1. The molecule has 0 radical (unpaired) electrons. The zero-order valence-electron chi connectivity index (χ0n) is 16.6. The monoisotopic (exact) mass is 446 g/mol. The number of para-hydroxylation sites is 1. The van der Waals surface area contributed by atoms with Crippen LogP contribution in [0.15, 0.2) is 53.6 Å². The lowest BCUT2D eigenvalue weighted by Gasteiger charge is -2.30. The van der Waals surface area contributed by atoms with Gasteiger partial charge in [-0.1, -0.05) is 54.4 Å². The van der Waals surface area contributed by atoms with Crippen molar-refractivity contribution in [1.82, 2.24) is 10.4 Å². The Morgan fingerprint density at radius 3 is 2.60 bits per heavy atom. The van der Waals surface area contributed by atoms with Crippen LogP contribution < -0.4 is 10.4 Å². The Hall–Kier alpha value is -2.12. The first kappa shape index (κ1) is 21.1. The third-order valence-corrected chi connectivity index (χ3v) is 6.16. The third kappa shape index (κ3) is 4.32. The summed E-state index contributed by atoms with van der Waals surface area (Å²) < 4.78 is 0. The summed E-state index contributed by atoms with van der Waals surface area (Å²) in [6.45, 7) is 3.11. The standard InChI is InChI=1S/C22H24Cl2N4O2/c1-14-20(22(30)26-27-12-4-5-17(29)13-27)25-28(19-7-3-2-6-18(19)24)21(14)15-8-10-16(23)11-9-15/h2-3,6-11,14,17,21,29H,4-5,12-13H2,1H3,(H,26,30). The molecule has 1 amide bonds. The Bertz CT molecular complexity index is 950. The number of hydrogen-bond acceptors (Lipinski definition) is 5. The Labute approximate surface area is 186 Å². The van der Waals surface area contributed by atoms with E-state index in [-0.39, 0.29) is 17.9 Å². The van der Waals surface area contributed by atoms with Gasteiger partial charge in [0.1, 0.15) is 5.71 Å². The number of hydrazine groups is 1.